The van der Waals surface area contributed by atoms with E-state index >= 15 is 0 Å². The van der Waals surface area contributed by atoms with E-state index < -0.39 is 0 Å². The predicted octanol–water partition coefficient (Wildman–Crippen LogP) is 2.42. The van der Waals surface area contributed by atoms with Gasteiger partial charge < -0.3 is 10.1 Å². The number of benzene rings is 1. The molecule has 0 bridgehead atoms. The van der Waals surface area contributed by atoms with Gasteiger partial charge in [-0.1, -0.05) is 12.1 Å². The number of hydrogen-bond donors (Lipinski definition) is 1. The van der Waals surface area contributed by atoms with E-state index in [1.165, 1.54) is 16.7 Å². The number of rotatable bonds is 5. The van der Waals surface area contributed by atoms with Crippen LogP contribution in [0, 0.1) is 26.2 Å². The van der Waals surface area contributed by atoms with Gasteiger partial charge in [-0.25, -0.2) is 0 Å². The lowest BCUT2D eigenvalue weighted by molar-refractivity contribution is 0.322. The van der Waals surface area contributed by atoms with Crippen LogP contribution < -0.4 is 10.1 Å². The predicted molar refractivity (Wildman–Crippen MR) is 67.6 cm³/mol. The molecule has 0 aliphatic carbocycles. The number of ether oxygens (including phenoxy) is 1. The molecular formula is C14H19NO. The number of hydrogen-bond acceptors (Lipinski definition) is 2. The highest BCUT2D eigenvalue weighted by Crippen LogP contribution is 2.24. The monoisotopic (exact) mass is 217 g/mol. The van der Waals surface area contributed by atoms with Gasteiger partial charge in [0, 0.05) is 13.0 Å². The van der Waals surface area contributed by atoms with Crippen LogP contribution in [0.2, 0.25) is 0 Å². The zero-order valence-corrected chi connectivity index (χ0v) is 10.3. The molecule has 0 unspecified atom stereocenters. The Bertz CT molecular complexity index is 367. The Morgan fingerprint density at radius 3 is 2.44 bits per heavy atom. The van der Waals surface area contributed by atoms with Crippen molar-refractivity contribution in [2.24, 2.45) is 0 Å². The highest BCUT2D eigenvalue weighted by molar-refractivity contribution is 5.43. The van der Waals surface area contributed by atoms with Gasteiger partial charge in [-0.15, -0.1) is 12.3 Å². The van der Waals surface area contributed by atoms with Crippen molar-refractivity contribution in [1.29, 1.82) is 0 Å². The summed E-state index contributed by atoms with van der Waals surface area (Å²) in [5, 5.41) is 3.14. The molecule has 1 rings (SSSR count). The summed E-state index contributed by atoms with van der Waals surface area (Å²) >= 11 is 0. The lowest BCUT2D eigenvalue weighted by atomic mass is 10.1. The summed E-state index contributed by atoms with van der Waals surface area (Å²) in [5.74, 6) is 3.54. The first-order chi connectivity index (χ1) is 7.69. The van der Waals surface area contributed by atoms with E-state index in [1.807, 2.05) is 7.05 Å². The highest BCUT2D eigenvalue weighted by Gasteiger charge is 2.05. The van der Waals surface area contributed by atoms with Crippen LogP contribution in [0.3, 0.4) is 0 Å². The Morgan fingerprint density at radius 2 is 1.94 bits per heavy atom. The third-order valence-corrected chi connectivity index (χ3v) is 2.39. The Kier molecular flexibility index (Phi) is 4.88. The quantitative estimate of drug-likeness (QED) is 0.604. The molecular weight excluding hydrogens is 198 g/mol. The second-order valence-electron chi connectivity index (χ2n) is 3.89. The average molecular weight is 217 g/mol. The zero-order chi connectivity index (χ0) is 12.0. The summed E-state index contributed by atoms with van der Waals surface area (Å²) in [6.45, 7) is 5.60. The summed E-state index contributed by atoms with van der Waals surface area (Å²) in [6.07, 6.45) is 5.84. The molecule has 0 aliphatic heterocycles. The maximum Gasteiger partial charge on any atom is 0.125 e. The maximum absolute atomic E-state index is 5.68. The van der Waals surface area contributed by atoms with Gasteiger partial charge in [-0.2, -0.15) is 0 Å². The molecule has 86 valence electrons. The van der Waals surface area contributed by atoms with Crippen LogP contribution in [0.4, 0.5) is 0 Å². The van der Waals surface area contributed by atoms with Crippen LogP contribution in [0.1, 0.15) is 23.1 Å². The molecule has 1 aromatic rings. The van der Waals surface area contributed by atoms with E-state index in [0.29, 0.717) is 13.0 Å². The van der Waals surface area contributed by atoms with Crippen molar-refractivity contribution in [3.63, 3.8) is 0 Å². The van der Waals surface area contributed by atoms with Crippen molar-refractivity contribution in [1.82, 2.24) is 5.32 Å². The van der Waals surface area contributed by atoms with Crippen LogP contribution >= 0.6 is 0 Å². The molecule has 0 saturated carbocycles. The number of nitrogens with one attached hydrogen (secondary N) is 1. The maximum atomic E-state index is 5.68. The van der Waals surface area contributed by atoms with E-state index in [1.54, 1.807) is 0 Å². The van der Waals surface area contributed by atoms with E-state index in [9.17, 15) is 0 Å². The molecule has 0 atom stereocenters. The first-order valence-electron chi connectivity index (χ1n) is 5.50. The molecule has 0 radical (unpaired) electrons. The molecule has 0 amide bonds. The van der Waals surface area contributed by atoms with Crippen LogP contribution in [0.5, 0.6) is 5.75 Å². The van der Waals surface area contributed by atoms with Gasteiger partial charge in [0.25, 0.3) is 0 Å². The standard InChI is InChI=1S/C14H19NO/c1-5-6-7-16-14-11(2)8-13(10-15-4)9-12(14)3/h1,8-9,15H,6-7,10H2,2-4H3. The Hall–Kier alpha value is -1.46. The molecule has 0 aromatic heterocycles. The second-order valence-corrected chi connectivity index (χ2v) is 3.89. The van der Waals surface area contributed by atoms with Crippen molar-refractivity contribution in [2.75, 3.05) is 13.7 Å². The van der Waals surface area contributed by atoms with Crippen LogP contribution in [-0.2, 0) is 6.54 Å². The average Bonchev–Trinajstić information content (AvgIpc) is 2.23. The van der Waals surface area contributed by atoms with Crippen molar-refractivity contribution < 1.29 is 4.74 Å². The normalized spacial score (nSPS) is 9.88. The molecule has 0 spiro atoms. The summed E-state index contributed by atoms with van der Waals surface area (Å²) in [7, 11) is 1.95. The smallest absolute Gasteiger partial charge is 0.125 e. The molecule has 0 aliphatic rings. The summed E-state index contributed by atoms with van der Waals surface area (Å²) in [6, 6.07) is 4.30. The van der Waals surface area contributed by atoms with Gasteiger partial charge >= 0.3 is 0 Å². The van der Waals surface area contributed by atoms with Gasteiger partial charge in [0.05, 0.1) is 6.61 Å². The van der Waals surface area contributed by atoms with Crippen molar-refractivity contribution in [3.05, 3.63) is 28.8 Å². The molecule has 0 heterocycles. The fourth-order valence-electron chi connectivity index (χ4n) is 1.79. The van der Waals surface area contributed by atoms with Crippen molar-refractivity contribution in [2.45, 2.75) is 26.8 Å². The fraction of sp³-hybridized carbons (Fsp3) is 0.429. The Labute approximate surface area is 98.0 Å². The van der Waals surface area contributed by atoms with Gasteiger partial charge in [-0.3, -0.25) is 0 Å². The summed E-state index contributed by atoms with van der Waals surface area (Å²) in [5.41, 5.74) is 3.62. The number of aryl methyl sites for hydroxylation is 2. The van der Waals surface area contributed by atoms with Gasteiger partial charge in [0.15, 0.2) is 0 Å². The fourth-order valence-corrected chi connectivity index (χ4v) is 1.79. The molecule has 2 heteroatoms. The van der Waals surface area contributed by atoms with Gasteiger partial charge in [-0.05, 0) is 37.6 Å². The molecule has 0 saturated heterocycles. The summed E-state index contributed by atoms with van der Waals surface area (Å²) < 4.78 is 5.68. The summed E-state index contributed by atoms with van der Waals surface area (Å²) in [4.78, 5) is 0. The minimum absolute atomic E-state index is 0.587. The zero-order valence-electron chi connectivity index (χ0n) is 10.3. The SMILES string of the molecule is C#CCCOc1c(C)cc(CNC)cc1C. The second kappa shape index (κ2) is 6.19. The molecule has 16 heavy (non-hydrogen) atoms. The molecule has 0 fully saturated rings. The van der Waals surface area contributed by atoms with Gasteiger partial charge in [0.1, 0.15) is 5.75 Å². The van der Waals surface area contributed by atoms with E-state index in [-0.39, 0.29) is 0 Å². The minimum atomic E-state index is 0.587. The lowest BCUT2D eigenvalue weighted by Gasteiger charge is -2.13. The molecule has 2 nitrogen and oxygen atoms in total. The Balaban J connectivity index is 2.81. The first-order valence-corrected chi connectivity index (χ1v) is 5.50. The van der Waals surface area contributed by atoms with Crippen LogP contribution in [0.25, 0.3) is 0 Å². The molecule has 1 N–H and O–H groups in total. The molecule has 1 aromatic carbocycles. The van der Waals surface area contributed by atoms with E-state index in [2.05, 4.69) is 37.2 Å². The third-order valence-electron chi connectivity index (χ3n) is 2.39. The lowest BCUT2D eigenvalue weighted by Crippen LogP contribution is -2.07. The van der Waals surface area contributed by atoms with Crippen molar-refractivity contribution in [3.8, 4) is 18.1 Å². The third kappa shape index (κ3) is 3.29. The number of terminal acetylenes is 1. The van der Waals surface area contributed by atoms with Crippen molar-refractivity contribution >= 4 is 0 Å². The van der Waals surface area contributed by atoms with Crippen LogP contribution in [-0.4, -0.2) is 13.7 Å². The largest absolute Gasteiger partial charge is 0.492 e. The highest BCUT2D eigenvalue weighted by atomic mass is 16.5. The minimum Gasteiger partial charge on any atom is -0.492 e. The Morgan fingerprint density at radius 1 is 1.31 bits per heavy atom. The van der Waals surface area contributed by atoms with Crippen LogP contribution in [0.15, 0.2) is 12.1 Å². The van der Waals surface area contributed by atoms with E-state index in [0.717, 1.165) is 12.3 Å². The first kappa shape index (κ1) is 12.6. The van der Waals surface area contributed by atoms with E-state index in [4.69, 9.17) is 11.2 Å². The van der Waals surface area contributed by atoms with Gasteiger partial charge in [0.2, 0.25) is 0 Å². The topological polar surface area (TPSA) is 21.3 Å².